The molecule has 10 heteroatoms. The third-order valence-corrected chi connectivity index (χ3v) is 6.36. The predicted molar refractivity (Wildman–Crippen MR) is 126 cm³/mol. The van der Waals surface area contributed by atoms with E-state index in [1.807, 2.05) is 0 Å². The Morgan fingerprint density at radius 2 is 1.08 bits per heavy atom. The summed E-state index contributed by atoms with van der Waals surface area (Å²) in [5.41, 5.74) is -1.59. The highest BCUT2D eigenvalue weighted by Crippen LogP contribution is 2.36. The number of nitrogens with zero attached hydrogens (tertiary/aromatic N) is 2. The van der Waals surface area contributed by atoms with Gasteiger partial charge in [-0.1, -0.05) is 26.7 Å². The number of aryl methyl sites for hydroxylation is 2. The molecule has 1 aliphatic carbocycles. The van der Waals surface area contributed by atoms with Gasteiger partial charge in [-0.2, -0.15) is 26.3 Å². The van der Waals surface area contributed by atoms with E-state index in [0.717, 1.165) is 37.1 Å². The lowest BCUT2D eigenvalue weighted by Gasteiger charge is -2.25. The third kappa shape index (κ3) is 6.39. The van der Waals surface area contributed by atoms with Gasteiger partial charge in [0.2, 0.25) is 0 Å². The smallest absolute Gasteiger partial charge is 0.416 e. The Bertz CT molecular complexity index is 1050. The molecule has 36 heavy (non-hydrogen) atoms. The van der Waals surface area contributed by atoms with E-state index >= 15 is 0 Å². The lowest BCUT2D eigenvalue weighted by atomic mass is 9.91. The monoisotopic (exact) mass is 514 g/mol. The zero-order valence-corrected chi connectivity index (χ0v) is 19.9. The molecule has 0 bridgehead atoms. The van der Waals surface area contributed by atoms with Crippen LogP contribution in [-0.2, 0) is 25.2 Å². The first-order valence-corrected chi connectivity index (χ1v) is 11.8. The summed E-state index contributed by atoms with van der Waals surface area (Å²) >= 11 is 0. The van der Waals surface area contributed by atoms with Crippen molar-refractivity contribution in [2.45, 2.75) is 76.8 Å². The van der Waals surface area contributed by atoms with E-state index in [2.05, 4.69) is 9.98 Å². The quantitative estimate of drug-likeness (QED) is 0.319. The van der Waals surface area contributed by atoms with E-state index in [1.165, 1.54) is 12.4 Å². The lowest BCUT2D eigenvalue weighted by Crippen LogP contribution is -2.27. The van der Waals surface area contributed by atoms with E-state index in [9.17, 15) is 36.6 Å². The number of rotatable bonds is 6. The molecule has 0 spiro atoms. The first kappa shape index (κ1) is 27.5. The Morgan fingerprint density at radius 1 is 0.722 bits per heavy atom. The molecule has 2 N–H and O–H groups in total. The first-order chi connectivity index (χ1) is 16.8. The summed E-state index contributed by atoms with van der Waals surface area (Å²) in [5, 5.41) is 20.8. The molecule has 1 fully saturated rings. The molecule has 2 atom stereocenters. The zero-order valence-electron chi connectivity index (χ0n) is 19.9. The number of benzene rings is 2. The summed E-state index contributed by atoms with van der Waals surface area (Å²) in [6.45, 7) is 3.27. The predicted octanol–water partition coefficient (Wildman–Crippen LogP) is 7.11. The minimum Gasteiger partial charge on any atom is -0.507 e. The number of hydrogen-bond donors (Lipinski definition) is 2. The molecular weight excluding hydrogens is 486 g/mol. The molecule has 2 aromatic carbocycles. The average molecular weight is 515 g/mol. The van der Waals surface area contributed by atoms with Gasteiger partial charge in [0, 0.05) is 23.6 Å². The van der Waals surface area contributed by atoms with Crippen LogP contribution in [0.4, 0.5) is 26.3 Å². The SMILES string of the molecule is CCc1cc(C(F)(F)F)cc(C=NC2CCCCC2N=Cc2cc(C(F)(F)F)cc(CC)c2O)c1O. The third-order valence-electron chi connectivity index (χ3n) is 6.36. The van der Waals surface area contributed by atoms with Gasteiger partial charge in [-0.3, -0.25) is 9.98 Å². The highest BCUT2D eigenvalue weighted by molar-refractivity contribution is 5.86. The van der Waals surface area contributed by atoms with Gasteiger partial charge in [0.05, 0.1) is 23.2 Å². The fraction of sp³-hybridized carbons (Fsp3) is 0.462. The van der Waals surface area contributed by atoms with Crippen molar-refractivity contribution in [2.24, 2.45) is 9.98 Å². The molecule has 0 heterocycles. The second-order valence-corrected chi connectivity index (χ2v) is 8.82. The van der Waals surface area contributed by atoms with E-state index < -0.39 is 35.6 Å². The van der Waals surface area contributed by atoms with Crippen LogP contribution < -0.4 is 0 Å². The minimum atomic E-state index is -4.58. The number of aromatic hydroxyl groups is 2. The molecule has 1 aliphatic rings. The maximum atomic E-state index is 13.3. The number of hydrogen-bond acceptors (Lipinski definition) is 4. The van der Waals surface area contributed by atoms with Crippen molar-refractivity contribution in [3.8, 4) is 11.5 Å². The topological polar surface area (TPSA) is 65.2 Å². The summed E-state index contributed by atoms with van der Waals surface area (Å²) in [7, 11) is 0. The van der Waals surface area contributed by atoms with E-state index in [0.29, 0.717) is 12.8 Å². The Kier molecular flexibility index (Phi) is 8.36. The van der Waals surface area contributed by atoms with Gasteiger partial charge in [0.1, 0.15) is 11.5 Å². The van der Waals surface area contributed by atoms with Crippen LogP contribution in [0.15, 0.2) is 34.3 Å². The average Bonchev–Trinajstić information content (AvgIpc) is 2.81. The molecule has 0 saturated heterocycles. The zero-order chi connectivity index (χ0) is 26.7. The van der Waals surface area contributed by atoms with Crippen LogP contribution in [0.1, 0.15) is 72.9 Å². The van der Waals surface area contributed by atoms with Crippen LogP contribution in [-0.4, -0.2) is 34.7 Å². The van der Waals surface area contributed by atoms with Crippen LogP contribution >= 0.6 is 0 Å². The van der Waals surface area contributed by atoms with Gasteiger partial charge in [-0.05, 0) is 61.1 Å². The fourth-order valence-electron chi connectivity index (χ4n) is 4.29. The summed E-state index contributed by atoms with van der Waals surface area (Å²) in [6.07, 6.45) is -3.58. The number of aliphatic imine (C=N–C) groups is 2. The second-order valence-electron chi connectivity index (χ2n) is 8.82. The lowest BCUT2D eigenvalue weighted by molar-refractivity contribution is -0.138. The Balaban J connectivity index is 1.91. The highest BCUT2D eigenvalue weighted by atomic mass is 19.4. The van der Waals surface area contributed by atoms with Gasteiger partial charge in [0.25, 0.3) is 0 Å². The molecule has 1 saturated carbocycles. The van der Waals surface area contributed by atoms with E-state index in [-0.39, 0.29) is 46.6 Å². The van der Waals surface area contributed by atoms with Crippen molar-refractivity contribution in [3.05, 3.63) is 57.6 Å². The maximum absolute atomic E-state index is 13.3. The molecule has 0 amide bonds. The van der Waals surface area contributed by atoms with E-state index in [1.54, 1.807) is 13.8 Å². The maximum Gasteiger partial charge on any atom is 0.416 e. The van der Waals surface area contributed by atoms with Crippen molar-refractivity contribution in [1.82, 2.24) is 0 Å². The van der Waals surface area contributed by atoms with Crippen LogP contribution in [0.2, 0.25) is 0 Å². The van der Waals surface area contributed by atoms with Crippen molar-refractivity contribution < 1.29 is 36.6 Å². The normalized spacial score (nSPS) is 19.4. The summed E-state index contributed by atoms with van der Waals surface area (Å²) in [4.78, 5) is 8.82. The van der Waals surface area contributed by atoms with Gasteiger partial charge < -0.3 is 10.2 Å². The summed E-state index contributed by atoms with van der Waals surface area (Å²) < 4.78 is 79.7. The van der Waals surface area contributed by atoms with Crippen LogP contribution in [0, 0.1) is 0 Å². The standard InChI is InChI=1S/C26H28F6N2O2/c1-3-15-9-19(25(27,28)29)11-17(23(15)35)13-33-21-7-5-6-8-22(21)34-14-18-12-20(26(30,31)32)10-16(4-2)24(18)36/h9-14,21-22,35-36H,3-8H2,1-2H3. The number of phenolic OH excluding ortho intramolecular Hbond substituents is 2. The number of halogens is 6. The molecule has 0 aromatic heterocycles. The van der Waals surface area contributed by atoms with Crippen molar-refractivity contribution >= 4 is 12.4 Å². The molecule has 0 radical (unpaired) electrons. The molecule has 0 aliphatic heterocycles. The summed E-state index contributed by atoms with van der Waals surface area (Å²) in [5.74, 6) is -0.544. The molecule has 2 aromatic rings. The second kappa shape index (κ2) is 10.9. The molecule has 196 valence electrons. The van der Waals surface area contributed by atoms with Crippen molar-refractivity contribution in [3.63, 3.8) is 0 Å². The number of phenols is 2. The highest BCUT2D eigenvalue weighted by Gasteiger charge is 2.33. The van der Waals surface area contributed by atoms with Crippen LogP contribution in [0.5, 0.6) is 11.5 Å². The molecule has 3 rings (SSSR count). The number of alkyl halides is 6. The molecular formula is C26H28F6N2O2. The van der Waals surface area contributed by atoms with Crippen molar-refractivity contribution in [2.75, 3.05) is 0 Å². The Hall–Kier alpha value is -3.04. The molecule has 2 unspecified atom stereocenters. The van der Waals surface area contributed by atoms with Crippen LogP contribution in [0.25, 0.3) is 0 Å². The van der Waals surface area contributed by atoms with Gasteiger partial charge in [-0.15, -0.1) is 0 Å². The minimum absolute atomic E-state index is 0.0573. The fourth-order valence-corrected chi connectivity index (χ4v) is 4.29. The Morgan fingerprint density at radius 3 is 1.39 bits per heavy atom. The van der Waals surface area contributed by atoms with Gasteiger partial charge in [-0.25, -0.2) is 0 Å². The largest absolute Gasteiger partial charge is 0.507 e. The van der Waals surface area contributed by atoms with Gasteiger partial charge >= 0.3 is 12.4 Å². The van der Waals surface area contributed by atoms with E-state index in [4.69, 9.17) is 0 Å². The van der Waals surface area contributed by atoms with Gasteiger partial charge in [0.15, 0.2) is 0 Å². The Labute approximate surface area is 205 Å². The summed E-state index contributed by atoms with van der Waals surface area (Å²) in [6, 6.07) is 2.62. The van der Waals surface area contributed by atoms with Crippen molar-refractivity contribution in [1.29, 1.82) is 0 Å². The molecule has 4 nitrogen and oxygen atoms in total. The van der Waals surface area contributed by atoms with Crippen LogP contribution in [0.3, 0.4) is 0 Å². The first-order valence-electron chi connectivity index (χ1n) is 11.8.